The molecule has 7 nitrogen and oxygen atoms in total. The number of benzene rings is 1. The first-order valence-corrected chi connectivity index (χ1v) is 11.7. The number of aromatic nitrogens is 3. The minimum Gasteiger partial charge on any atom is -0.348 e. The van der Waals surface area contributed by atoms with Crippen LogP contribution in [0.4, 0.5) is 5.95 Å². The zero-order valence-electron chi connectivity index (χ0n) is 19.5. The summed E-state index contributed by atoms with van der Waals surface area (Å²) in [6.45, 7) is 12.7. The molecule has 0 bridgehead atoms. The summed E-state index contributed by atoms with van der Waals surface area (Å²) in [7, 11) is 0. The quantitative estimate of drug-likeness (QED) is 0.587. The molecule has 0 saturated carbocycles. The number of rotatable bonds is 7. The third kappa shape index (κ3) is 4.69. The normalized spacial score (nSPS) is 16.9. The number of hydrogen-bond acceptors (Lipinski definition) is 6. The zero-order chi connectivity index (χ0) is 22.7. The van der Waals surface area contributed by atoms with E-state index in [0.29, 0.717) is 17.6 Å². The Morgan fingerprint density at radius 3 is 2.38 bits per heavy atom. The summed E-state index contributed by atoms with van der Waals surface area (Å²) in [4.78, 5) is 24.0. The molecule has 1 fully saturated rings. The Labute approximate surface area is 189 Å². The van der Waals surface area contributed by atoms with Crippen LogP contribution in [0.5, 0.6) is 0 Å². The van der Waals surface area contributed by atoms with Gasteiger partial charge >= 0.3 is 0 Å². The van der Waals surface area contributed by atoms with E-state index in [1.165, 1.54) is 11.1 Å². The molecule has 0 spiro atoms. The van der Waals surface area contributed by atoms with Crippen molar-refractivity contribution in [3.05, 3.63) is 64.1 Å². The number of nitrogens with one attached hydrogen (secondary N) is 2. The van der Waals surface area contributed by atoms with E-state index in [0.717, 1.165) is 38.0 Å². The molecule has 2 aromatic heterocycles. The predicted octanol–water partition coefficient (Wildman–Crippen LogP) is 3.90. The van der Waals surface area contributed by atoms with Gasteiger partial charge in [0, 0.05) is 55.9 Å². The first-order chi connectivity index (χ1) is 15.5. The molecule has 1 saturated heterocycles. The molecule has 2 atom stereocenters. The van der Waals surface area contributed by atoms with Gasteiger partial charge in [0.15, 0.2) is 0 Å². The van der Waals surface area contributed by atoms with Crippen LogP contribution in [-0.2, 0) is 0 Å². The Kier molecular flexibility index (Phi) is 6.86. The van der Waals surface area contributed by atoms with E-state index in [-0.39, 0.29) is 17.6 Å². The highest BCUT2D eigenvalue weighted by molar-refractivity contribution is 5.75. The number of hydrogen-bond donors (Lipinski definition) is 2. The maximum Gasteiger partial charge on any atom is 0.252 e. The van der Waals surface area contributed by atoms with Gasteiger partial charge in [0.2, 0.25) is 5.95 Å². The lowest BCUT2D eigenvalue weighted by atomic mass is 9.98. The van der Waals surface area contributed by atoms with Crippen LogP contribution >= 0.6 is 0 Å². The lowest BCUT2D eigenvalue weighted by Crippen LogP contribution is -2.45. The van der Waals surface area contributed by atoms with Crippen LogP contribution in [0.3, 0.4) is 0 Å². The third-order valence-electron chi connectivity index (χ3n) is 6.33. The SMILES string of the molecule is CCC(c1ccc(C(C)Nc2ncc3ccc(=O)n(C(C)C)c3n2)cc1)N1CCNCC1. The summed E-state index contributed by atoms with van der Waals surface area (Å²) < 4.78 is 1.71. The molecule has 170 valence electrons. The van der Waals surface area contributed by atoms with Crippen LogP contribution in [0.25, 0.3) is 11.0 Å². The topological polar surface area (TPSA) is 75.1 Å². The van der Waals surface area contributed by atoms with Gasteiger partial charge in [-0.3, -0.25) is 14.3 Å². The van der Waals surface area contributed by atoms with Crippen molar-refractivity contribution < 1.29 is 0 Å². The molecule has 0 radical (unpaired) electrons. The highest BCUT2D eigenvalue weighted by Gasteiger charge is 2.20. The number of fused-ring (bicyclic) bond motifs is 1. The lowest BCUT2D eigenvalue weighted by Gasteiger charge is -2.34. The minimum absolute atomic E-state index is 0.0288. The fraction of sp³-hybridized carbons (Fsp3) is 0.480. The average Bonchev–Trinajstić information content (AvgIpc) is 2.80. The molecule has 1 aliphatic rings. The molecule has 32 heavy (non-hydrogen) atoms. The molecule has 0 amide bonds. The van der Waals surface area contributed by atoms with Gasteiger partial charge in [-0.25, -0.2) is 4.98 Å². The van der Waals surface area contributed by atoms with Crippen molar-refractivity contribution in [2.75, 3.05) is 31.5 Å². The second kappa shape index (κ2) is 9.79. The monoisotopic (exact) mass is 434 g/mol. The van der Waals surface area contributed by atoms with Crippen LogP contribution in [0.15, 0.2) is 47.4 Å². The van der Waals surface area contributed by atoms with Crippen molar-refractivity contribution in [1.82, 2.24) is 24.8 Å². The number of pyridine rings is 1. The second-order valence-corrected chi connectivity index (χ2v) is 8.85. The molecule has 3 aromatic rings. The Bertz CT molecular complexity index is 1100. The Morgan fingerprint density at radius 1 is 1.03 bits per heavy atom. The Morgan fingerprint density at radius 2 is 1.72 bits per heavy atom. The molecule has 7 heteroatoms. The molecular weight excluding hydrogens is 400 g/mol. The van der Waals surface area contributed by atoms with Crippen molar-refractivity contribution in [3.63, 3.8) is 0 Å². The molecule has 1 aliphatic heterocycles. The van der Waals surface area contributed by atoms with Gasteiger partial charge in [0.05, 0.1) is 6.04 Å². The summed E-state index contributed by atoms with van der Waals surface area (Å²) in [5.74, 6) is 0.529. The summed E-state index contributed by atoms with van der Waals surface area (Å²) >= 11 is 0. The van der Waals surface area contributed by atoms with Crippen LogP contribution in [0.1, 0.15) is 63.4 Å². The lowest BCUT2D eigenvalue weighted by molar-refractivity contribution is 0.169. The van der Waals surface area contributed by atoms with Crippen molar-refractivity contribution in [3.8, 4) is 0 Å². The molecule has 4 rings (SSSR count). The van der Waals surface area contributed by atoms with E-state index in [1.807, 2.05) is 13.8 Å². The molecule has 2 N–H and O–H groups in total. The largest absolute Gasteiger partial charge is 0.348 e. The van der Waals surface area contributed by atoms with E-state index in [2.05, 4.69) is 63.6 Å². The highest BCUT2D eigenvalue weighted by Crippen LogP contribution is 2.27. The fourth-order valence-electron chi connectivity index (χ4n) is 4.59. The van der Waals surface area contributed by atoms with Crippen molar-refractivity contribution in [1.29, 1.82) is 0 Å². The fourth-order valence-corrected chi connectivity index (χ4v) is 4.59. The molecule has 1 aromatic carbocycles. The van der Waals surface area contributed by atoms with Crippen molar-refractivity contribution >= 4 is 17.0 Å². The van der Waals surface area contributed by atoms with E-state index < -0.39 is 0 Å². The standard InChI is InChI=1S/C25H34N6O/c1-5-22(30-14-12-26-13-15-30)20-8-6-19(7-9-20)18(4)28-25-27-16-21-10-11-23(32)31(17(2)3)24(21)29-25/h6-11,16-18,22,26H,5,12-15H2,1-4H3,(H,27,28,29). The first-order valence-electron chi connectivity index (χ1n) is 11.7. The van der Waals surface area contributed by atoms with Gasteiger partial charge < -0.3 is 10.6 Å². The summed E-state index contributed by atoms with van der Waals surface area (Å²) in [5.41, 5.74) is 3.17. The van der Waals surface area contributed by atoms with Crippen LogP contribution in [0.2, 0.25) is 0 Å². The third-order valence-corrected chi connectivity index (χ3v) is 6.33. The van der Waals surface area contributed by atoms with Gasteiger partial charge in [-0.05, 0) is 44.4 Å². The number of nitrogens with zero attached hydrogens (tertiary/aromatic N) is 4. The maximum atomic E-state index is 12.3. The van der Waals surface area contributed by atoms with Gasteiger partial charge in [-0.15, -0.1) is 0 Å². The van der Waals surface area contributed by atoms with E-state index >= 15 is 0 Å². The Hall–Kier alpha value is -2.77. The van der Waals surface area contributed by atoms with Gasteiger partial charge in [0.25, 0.3) is 5.56 Å². The minimum atomic E-state index is -0.0456. The molecular formula is C25H34N6O. The predicted molar refractivity (Wildman–Crippen MR) is 130 cm³/mol. The number of piperazine rings is 1. The van der Waals surface area contributed by atoms with Gasteiger partial charge in [-0.1, -0.05) is 31.2 Å². The van der Waals surface area contributed by atoms with E-state index in [4.69, 9.17) is 0 Å². The van der Waals surface area contributed by atoms with Crippen LogP contribution in [0, 0.1) is 0 Å². The van der Waals surface area contributed by atoms with Gasteiger partial charge in [-0.2, -0.15) is 4.98 Å². The summed E-state index contributed by atoms with van der Waals surface area (Å²) in [5, 5.41) is 7.70. The van der Waals surface area contributed by atoms with Crippen molar-refractivity contribution in [2.24, 2.45) is 0 Å². The van der Waals surface area contributed by atoms with E-state index in [1.54, 1.807) is 22.9 Å². The van der Waals surface area contributed by atoms with Crippen LogP contribution < -0.4 is 16.2 Å². The molecule has 2 unspecified atom stereocenters. The smallest absolute Gasteiger partial charge is 0.252 e. The van der Waals surface area contributed by atoms with E-state index in [9.17, 15) is 4.79 Å². The Balaban J connectivity index is 1.52. The zero-order valence-corrected chi connectivity index (χ0v) is 19.5. The summed E-state index contributed by atoms with van der Waals surface area (Å²) in [6.07, 6.45) is 2.88. The number of anilines is 1. The second-order valence-electron chi connectivity index (χ2n) is 8.85. The highest BCUT2D eigenvalue weighted by atomic mass is 16.1. The van der Waals surface area contributed by atoms with Gasteiger partial charge in [0.1, 0.15) is 5.65 Å². The first kappa shape index (κ1) is 22.4. The molecule has 0 aliphatic carbocycles. The van der Waals surface area contributed by atoms with Crippen molar-refractivity contribution in [2.45, 2.75) is 52.2 Å². The van der Waals surface area contributed by atoms with Crippen LogP contribution in [-0.4, -0.2) is 45.6 Å². The summed E-state index contributed by atoms with van der Waals surface area (Å²) in [6, 6.07) is 12.8. The molecule has 3 heterocycles. The maximum absolute atomic E-state index is 12.3. The average molecular weight is 435 g/mol.